The molecule has 1 fully saturated rings. The number of hydrogen-bond donors (Lipinski definition) is 1. The van der Waals surface area contributed by atoms with Gasteiger partial charge in [0.05, 0.1) is 5.52 Å². The van der Waals surface area contributed by atoms with Crippen LogP contribution in [0.2, 0.25) is 0 Å². The molecule has 0 aliphatic heterocycles. The third kappa shape index (κ3) is 2.48. The maximum absolute atomic E-state index is 4.67. The molecule has 3 rings (SSSR count). The molecule has 1 aromatic carbocycles. The topological polar surface area (TPSA) is 41.1 Å². The molecule has 2 aromatic rings. The molecule has 0 spiro atoms. The monoisotopic (exact) mass is 256 g/mol. The lowest BCUT2D eigenvalue weighted by Gasteiger charge is -2.17. The van der Waals surface area contributed by atoms with Crippen LogP contribution < -0.4 is 10.2 Å². The van der Waals surface area contributed by atoms with Crippen LogP contribution in [0, 0.1) is 0 Å². The van der Waals surface area contributed by atoms with E-state index < -0.39 is 0 Å². The Morgan fingerprint density at radius 1 is 1.11 bits per heavy atom. The summed E-state index contributed by atoms with van der Waals surface area (Å²) in [4.78, 5) is 11.3. The summed E-state index contributed by atoms with van der Waals surface area (Å²) in [6, 6.07) is 8.71. The number of benzene rings is 1. The molecule has 1 saturated carbocycles. The zero-order valence-electron chi connectivity index (χ0n) is 11.6. The predicted octanol–water partition coefficient (Wildman–Crippen LogP) is 3.05. The van der Waals surface area contributed by atoms with Crippen molar-refractivity contribution < 1.29 is 0 Å². The molecule has 4 nitrogen and oxygen atoms in total. The maximum Gasteiger partial charge on any atom is 0.225 e. The fourth-order valence-corrected chi connectivity index (χ4v) is 2.72. The number of rotatable bonds is 3. The molecule has 0 atom stereocenters. The smallest absolute Gasteiger partial charge is 0.225 e. The van der Waals surface area contributed by atoms with Gasteiger partial charge in [-0.05, 0) is 25.0 Å². The van der Waals surface area contributed by atoms with Crippen LogP contribution >= 0.6 is 0 Å². The Labute approximate surface area is 113 Å². The minimum absolute atomic E-state index is 0.538. The average Bonchev–Trinajstić information content (AvgIpc) is 2.90. The molecule has 1 N–H and O–H groups in total. The fraction of sp³-hybridized carbons (Fsp3) is 0.467. The molecule has 100 valence electrons. The Balaban J connectivity index is 2.00. The number of para-hydroxylation sites is 1. The first-order valence-electron chi connectivity index (χ1n) is 6.94. The van der Waals surface area contributed by atoms with Crippen molar-refractivity contribution in [2.75, 3.05) is 24.3 Å². The van der Waals surface area contributed by atoms with Gasteiger partial charge in [-0.25, -0.2) is 4.98 Å². The SMILES string of the molecule is CN(C)c1nc(NC2CCCC2)nc2ccccc12. The second kappa shape index (κ2) is 5.03. The van der Waals surface area contributed by atoms with E-state index in [0.29, 0.717) is 6.04 Å². The maximum atomic E-state index is 4.67. The summed E-state index contributed by atoms with van der Waals surface area (Å²) in [5.74, 6) is 1.74. The number of anilines is 2. The van der Waals surface area contributed by atoms with E-state index in [-0.39, 0.29) is 0 Å². The quantitative estimate of drug-likeness (QED) is 0.916. The molecule has 1 heterocycles. The molecule has 0 unspecified atom stereocenters. The van der Waals surface area contributed by atoms with Gasteiger partial charge >= 0.3 is 0 Å². The Hall–Kier alpha value is -1.84. The van der Waals surface area contributed by atoms with Crippen LogP contribution in [0.25, 0.3) is 10.9 Å². The van der Waals surface area contributed by atoms with Gasteiger partial charge in [0.2, 0.25) is 5.95 Å². The molecule has 19 heavy (non-hydrogen) atoms. The summed E-state index contributed by atoms with van der Waals surface area (Å²) in [5, 5.41) is 4.58. The molecular formula is C15H20N4. The summed E-state index contributed by atoms with van der Waals surface area (Å²) >= 11 is 0. The van der Waals surface area contributed by atoms with Crippen LogP contribution in [-0.4, -0.2) is 30.1 Å². The molecule has 1 aliphatic rings. The van der Waals surface area contributed by atoms with Crippen LogP contribution in [-0.2, 0) is 0 Å². The van der Waals surface area contributed by atoms with Gasteiger partial charge in [-0.2, -0.15) is 4.98 Å². The minimum atomic E-state index is 0.538. The Kier molecular flexibility index (Phi) is 3.23. The van der Waals surface area contributed by atoms with E-state index in [1.54, 1.807) is 0 Å². The Morgan fingerprint density at radius 3 is 2.58 bits per heavy atom. The average molecular weight is 256 g/mol. The molecule has 0 amide bonds. The first kappa shape index (κ1) is 12.2. The van der Waals surface area contributed by atoms with E-state index in [2.05, 4.69) is 21.4 Å². The van der Waals surface area contributed by atoms with E-state index in [0.717, 1.165) is 22.7 Å². The first-order valence-corrected chi connectivity index (χ1v) is 6.94. The van der Waals surface area contributed by atoms with Crippen molar-refractivity contribution in [2.24, 2.45) is 0 Å². The van der Waals surface area contributed by atoms with Crippen molar-refractivity contribution >= 4 is 22.7 Å². The first-order chi connectivity index (χ1) is 9.24. The van der Waals surface area contributed by atoms with E-state index in [4.69, 9.17) is 0 Å². The third-order valence-corrected chi connectivity index (χ3v) is 3.70. The lowest BCUT2D eigenvalue weighted by Crippen LogP contribution is -2.19. The number of hydrogen-bond acceptors (Lipinski definition) is 4. The van der Waals surface area contributed by atoms with Gasteiger partial charge in [-0.1, -0.05) is 25.0 Å². The molecule has 0 saturated heterocycles. The molecular weight excluding hydrogens is 236 g/mol. The largest absolute Gasteiger partial charge is 0.362 e. The van der Waals surface area contributed by atoms with Gasteiger partial charge in [-0.3, -0.25) is 0 Å². The van der Waals surface area contributed by atoms with Crippen LogP contribution in [0.5, 0.6) is 0 Å². The highest BCUT2D eigenvalue weighted by Crippen LogP contribution is 2.26. The third-order valence-electron chi connectivity index (χ3n) is 3.70. The Bertz CT molecular complexity index is 573. The molecule has 4 heteroatoms. The number of fused-ring (bicyclic) bond motifs is 1. The molecule has 0 bridgehead atoms. The van der Waals surface area contributed by atoms with E-state index in [1.807, 2.05) is 37.2 Å². The second-order valence-corrected chi connectivity index (χ2v) is 5.41. The van der Waals surface area contributed by atoms with Gasteiger partial charge in [0, 0.05) is 25.5 Å². The van der Waals surface area contributed by atoms with Crippen molar-refractivity contribution in [3.8, 4) is 0 Å². The van der Waals surface area contributed by atoms with Crippen LogP contribution in [0.1, 0.15) is 25.7 Å². The molecule has 1 aliphatic carbocycles. The van der Waals surface area contributed by atoms with E-state index in [1.165, 1.54) is 25.7 Å². The number of nitrogens with one attached hydrogen (secondary N) is 1. The summed E-state index contributed by atoms with van der Waals surface area (Å²) in [7, 11) is 4.04. The minimum Gasteiger partial charge on any atom is -0.362 e. The fourth-order valence-electron chi connectivity index (χ4n) is 2.72. The van der Waals surface area contributed by atoms with Crippen molar-refractivity contribution in [1.82, 2.24) is 9.97 Å². The highest BCUT2D eigenvalue weighted by molar-refractivity contribution is 5.90. The standard InChI is InChI=1S/C15H20N4/c1-19(2)14-12-9-5-6-10-13(12)17-15(18-14)16-11-7-3-4-8-11/h5-6,9-11H,3-4,7-8H2,1-2H3,(H,16,17,18). The van der Waals surface area contributed by atoms with Gasteiger partial charge in [-0.15, -0.1) is 0 Å². The van der Waals surface area contributed by atoms with Crippen molar-refractivity contribution in [3.05, 3.63) is 24.3 Å². The molecule has 0 radical (unpaired) electrons. The van der Waals surface area contributed by atoms with Crippen LogP contribution in [0.4, 0.5) is 11.8 Å². The van der Waals surface area contributed by atoms with Gasteiger partial charge < -0.3 is 10.2 Å². The highest BCUT2D eigenvalue weighted by Gasteiger charge is 2.17. The second-order valence-electron chi connectivity index (χ2n) is 5.41. The zero-order chi connectivity index (χ0) is 13.2. The van der Waals surface area contributed by atoms with E-state index in [9.17, 15) is 0 Å². The van der Waals surface area contributed by atoms with Crippen molar-refractivity contribution in [3.63, 3.8) is 0 Å². The van der Waals surface area contributed by atoms with Gasteiger partial charge in [0.15, 0.2) is 0 Å². The normalized spacial score (nSPS) is 15.9. The summed E-state index contributed by atoms with van der Waals surface area (Å²) in [5.41, 5.74) is 1.00. The van der Waals surface area contributed by atoms with Gasteiger partial charge in [0.1, 0.15) is 5.82 Å². The Morgan fingerprint density at radius 2 is 1.84 bits per heavy atom. The summed E-state index contributed by atoms with van der Waals surface area (Å²) in [6.07, 6.45) is 5.08. The van der Waals surface area contributed by atoms with Crippen LogP contribution in [0.15, 0.2) is 24.3 Å². The highest BCUT2D eigenvalue weighted by atomic mass is 15.2. The lowest BCUT2D eigenvalue weighted by atomic mass is 10.2. The van der Waals surface area contributed by atoms with E-state index >= 15 is 0 Å². The van der Waals surface area contributed by atoms with Gasteiger partial charge in [0.25, 0.3) is 0 Å². The summed E-state index contributed by atoms with van der Waals surface area (Å²) < 4.78 is 0. The lowest BCUT2D eigenvalue weighted by molar-refractivity contribution is 0.745. The van der Waals surface area contributed by atoms with Crippen molar-refractivity contribution in [2.45, 2.75) is 31.7 Å². The molecule has 1 aromatic heterocycles. The summed E-state index contributed by atoms with van der Waals surface area (Å²) in [6.45, 7) is 0. The zero-order valence-corrected chi connectivity index (χ0v) is 11.6. The number of nitrogens with zero attached hydrogens (tertiary/aromatic N) is 3. The van der Waals surface area contributed by atoms with Crippen LogP contribution in [0.3, 0.4) is 0 Å². The van der Waals surface area contributed by atoms with Crippen molar-refractivity contribution in [1.29, 1.82) is 0 Å². The predicted molar refractivity (Wildman–Crippen MR) is 79.7 cm³/mol. The number of aromatic nitrogens is 2.